The van der Waals surface area contributed by atoms with E-state index in [4.69, 9.17) is 21.1 Å². The molecule has 0 bridgehead atoms. The minimum absolute atomic E-state index is 0.0297. The molecule has 1 saturated heterocycles. The van der Waals surface area contributed by atoms with E-state index in [0.29, 0.717) is 29.7 Å². The summed E-state index contributed by atoms with van der Waals surface area (Å²) in [4.78, 5) is 24.9. The molecule has 1 aliphatic rings. The molecule has 25 heavy (non-hydrogen) atoms. The number of nitrogens with one attached hydrogen (secondary N) is 1. The maximum atomic E-state index is 12.3. The Morgan fingerprint density at radius 1 is 1.24 bits per heavy atom. The summed E-state index contributed by atoms with van der Waals surface area (Å²) in [5.74, 6) is 0.200. The molecule has 1 aliphatic heterocycles. The number of aryl methyl sites for hydroxylation is 2. The third-order valence-electron chi connectivity index (χ3n) is 3.72. The number of rotatable bonds is 4. The lowest BCUT2D eigenvalue weighted by atomic mass is 10.1. The topological polar surface area (TPSA) is 86.2 Å². The van der Waals surface area contributed by atoms with E-state index in [-0.39, 0.29) is 18.0 Å². The summed E-state index contributed by atoms with van der Waals surface area (Å²) in [6.07, 6.45) is 3.05. The van der Waals surface area contributed by atoms with Gasteiger partial charge in [-0.2, -0.15) is 0 Å². The predicted octanol–water partition coefficient (Wildman–Crippen LogP) is 2.95. The smallest absolute Gasteiger partial charge is 0.259 e. The number of nitrogens with zero attached hydrogens (tertiary/aromatic N) is 3. The van der Waals surface area contributed by atoms with Gasteiger partial charge in [-0.15, -0.1) is 0 Å². The Balaban J connectivity index is 1.69. The number of aromatic nitrogens is 3. The lowest BCUT2D eigenvalue weighted by Crippen LogP contribution is -2.26. The Kier molecular flexibility index (Phi) is 5.45. The summed E-state index contributed by atoms with van der Waals surface area (Å²) in [6.45, 7) is 5.01. The SMILES string of the molecule is Cc1cc(C)nc(NC(=O)c2cnc(OC3CCOCC3)c(Cl)c2)n1. The summed E-state index contributed by atoms with van der Waals surface area (Å²) in [7, 11) is 0. The van der Waals surface area contributed by atoms with Gasteiger partial charge in [-0.3, -0.25) is 10.1 Å². The maximum absolute atomic E-state index is 12.3. The molecule has 3 rings (SSSR count). The number of carbonyl (C=O) groups excluding carboxylic acids is 1. The van der Waals surface area contributed by atoms with Crippen molar-refractivity contribution in [3.8, 4) is 5.88 Å². The third kappa shape index (κ3) is 4.64. The highest BCUT2D eigenvalue weighted by Crippen LogP contribution is 2.25. The van der Waals surface area contributed by atoms with Gasteiger partial charge in [-0.1, -0.05) is 11.6 Å². The van der Waals surface area contributed by atoms with E-state index in [0.717, 1.165) is 24.2 Å². The fourth-order valence-electron chi connectivity index (χ4n) is 2.54. The molecule has 7 nitrogen and oxygen atoms in total. The van der Waals surface area contributed by atoms with E-state index in [9.17, 15) is 4.79 Å². The predicted molar refractivity (Wildman–Crippen MR) is 93.2 cm³/mol. The number of hydrogen-bond acceptors (Lipinski definition) is 6. The zero-order valence-electron chi connectivity index (χ0n) is 14.1. The third-order valence-corrected chi connectivity index (χ3v) is 3.99. The number of hydrogen-bond donors (Lipinski definition) is 1. The van der Waals surface area contributed by atoms with Crippen LogP contribution in [0.2, 0.25) is 5.02 Å². The molecule has 0 atom stereocenters. The molecule has 0 aromatic carbocycles. The monoisotopic (exact) mass is 362 g/mol. The molecule has 0 saturated carbocycles. The Morgan fingerprint density at radius 2 is 1.92 bits per heavy atom. The van der Waals surface area contributed by atoms with Gasteiger partial charge >= 0.3 is 0 Å². The van der Waals surface area contributed by atoms with Crippen molar-refractivity contribution >= 4 is 23.5 Å². The number of anilines is 1. The second-order valence-corrected chi connectivity index (χ2v) is 6.28. The standard InChI is InChI=1S/C17H19ClN4O3/c1-10-7-11(2)21-17(20-10)22-15(23)12-8-14(18)16(19-9-12)25-13-3-5-24-6-4-13/h7-9,13H,3-6H2,1-2H3,(H,20,21,22,23). The first-order valence-electron chi connectivity index (χ1n) is 8.05. The van der Waals surface area contributed by atoms with Crippen LogP contribution in [-0.2, 0) is 4.74 Å². The second kappa shape index (κ2) is 7.76. The number of amides is 1. The molecule has 8 heteroatoms. The normalized spacial score (nSPS) is 15.0. The molecule has 0 spiro atoms. The van der Waals surface area contributed by atoms with Gasteiger partial charge < -0.3 is 9.47 Å². The van der Waals surface area contributed by atoms with E-state index < -0.39 is 0 Å². The molecule has 1 fully saturated rings. The molecule has 132 valence electrons. The van der Waals surface area contributed by atoms with Gasteiger partial charge in [0.1, 0.15) is 11.1 Å². The van der Waals surface area contributed by atoms with E-state index >= 15 is 0 Å². The molecule has 2 aromatic rings. The van der Waals surface area contributed by atoms with Crippen molar-refractivity contribution in [3.63, 3.8) is 0 Å². The van der Waals surface area contributed by atoms with Crippen molar-refractivity contribution in [1.29, 1.82) is 0 Å². The average molecular weight is 363 g/mol. The van der Waals surface area contributed by atoms with Gasteiger partial charge in [-0.05, 0) is 26.0 Å². The van der Waals surface area contributed by atoms with Crippen molar-refractivity contribution in [1.82, 2.24) is 15.0 Å². The lowest BCUT2D eigenvalue weighted by molar-refractivity contribution is 0.0238. The minimum atomic E-state index is -0.378. The van der Waals surface area contributed by atoms with Crippen molar-refractivity contribution in [2.75, 3.05) is 18.5 Å². The number of pyridine rings is 1. The largest absolute Gasteiger partial charge is 0.473 e. The van der Waals surface area contributed by atoms with Crippen LogP contribution in [0, 0.1) is 13.8 Å². The Labute approximate surface area is 150 Å². The zero-order chi connectivity index (χ0) is 17.8. The lowest BCUT2D eigenvalue weighted by Gasteiger charge is -2.23. The first-order valence-corrected chi connectivity index (χ1v) is 8.42. The molecule has 1 N–H and O–H groups in total. The van der Waals surface area contributed by atoms with E-state index in [1.807, 2.05) is 19.9 Å². The number of halogens is 1. The first kappa shape index (κ1) is 17.6. The quantitative estimate of drug-likeness (QED) is 0.899. The maximum Gasteiger partial charge on any atom is 0.259 e. The van der Waals surface area contributed by atoms with Crippen molar-refractivity contribution in [3.05, 3.63) is 40.3 Å². The van der Waals surface area contributed by atoms with E-state index in [1.165, 1.54) is 12.3 Å². The molecule has 1 amide bonds. The first-order chi connectivity index (χ1) is 12.0. The summed E-state index contributed by atoms with van der Waals surface area (Å²) in [6, 6.07) is 3.36. The van der Waals surface area contributed by atoms with Gasteiger partial charge in [-0.25, -0.2) is 15.0 Å². The van der Waals surface area contributed by atoms with Crippen LogP contribution in [0.5, 0.6) is 5.88 Å². The van der Waals surface area contributed by atoms with Crippen LogP contribution in [-0.4, -0.2) is 40.2 Å². The van der Waals surface area contributed by atoms with Crippen molar-refractivity contribution < 1.29 is 14.3 Å². The van der Waals surface area contributed by atoms with Gasteiger partial charge in [0.05, 0.1) is 18.8 Å². The highest BCUT2D eigenvalue weighted by atomic mass is 35.5. The van der Waals surface area contributed by atoms with Crippen LogP contribution in [0.1, 0.15) is 34.6 Å². The summed E-state index contributed by atoms with van der Waals surface area (Å²) in [5, 5.41) is 2.94. The van der Waals surface area contributed by atoms with Crippen LogP contribution in [0.15, 0.2) is 18.3 Å². The molecule has 0 aliphatic carbocycles. The fourth-order valence-corrected chi connectivity index (χ4v) is 2.75. The Bertz CT molecular complexity index is 758. The molecule has 3 heterocycles. The fraction of sp³-hybridized carbons (Fsp3) is 0.412. The highest BCUT2D eigenvalue weighted by Gasteiger charge is 2.18. The van der Waals surface area contributed by atoms with Crippen LogP contribution in [0.25, 0.3) is 0 Å². The van der Waals surface area contributed by atoms with Crippen LogP contribution in [0.3, 0.4) is 0 Å². The van der Waals surface area contributed by atoms with Crippen LogP contribution < -0.4 is 10.1 Å². The van der Waals surface area contributed by atoms with E-state index in [2.05, 4.69) is 20.3 Å². The number of ether oxygens (including phenoxy) is 2. The zero-order valence-corrected chi connectivity index (χ0v) is 14.8. The average Bonchev–Trinajstić information content (AvgIpc) is 2.56. The van der Waals surface area contributed by atoms with Crippen molar-refractivity contribution in [2.45, 2.75) is 32.8 Å². The summed E-state index contributed by atoms with van der Waals surface area (Å²) >= 11 is 6.22. The molecule has 2 aromatic heterocycles. The second-order valence-electron chi connectivity index (χ2n) is 5.87. The highest BCUT2D eigenvalue weighted by molar-refractivity contribution is 6.32. The summed E-state index contributed by atoms with van der Waals surface area (Å²) in [5.41, 5.74) is 1.87. The minimum Gasteiger partial charge on any atom is -0.473 e. The van der Waals surface area contributed by atoms with Gasteiger partial charge in [0.2, 0.25) is 11.8 Å². The van der Waals surface area contributed by atoms with E-state index in [1.54, 1.807) is 0 Å². The Hall–Kier alpha value is -2.25. The Morgan fingerprint density at radius 3 is 2.56 bits per heavy atom. The summed E-state index contributed by atoms with van der Waals surface area (Å²) < 4.78 is 11.1. The van der Waals surface area contributed by atoms with Crippen molar-refractivity contribution in [2.24, 2.45) is 0 Å². The van der Waals surface area contributed by atoms with Crippen LogP contribution in [0.4, 0.5) is 5.95 Å². The van der Waals surface area contributed by atoms with Gasteiger partial charge in [0.25, 0.3) is 5.91 Å². The van der Waals surface area contributed by atoms with Crippen LogP contribution >= 0.6 is 11.6 Å². The van der Waals surface area contributed by atoms with Gasteiger partial charge in [0.15, 0.2) is 0 Å². The molecule has 0 radical (unpaired) electrons. The van der Waals surface area contributed by atoms with Gasteiger partial charge in [0, 0.05) is 30.4 Å². The molecular weight excluding hydrogens is 344 g/mol. The molecular formula is C17H19ClN4O3. The molecule has 0 unspecified atom stereocenters. The number of carbonyl (C=O) groups is 1.